The van der Waals surface area contributed by atoms with E-state index in [1.165, 1.54) is 0 Å². The van der Waals surface area contributed by atoms with Crippen molar-refractivity contribution in [3.8, 4) is 0 Å². The number of nitrogens with two attached hydrogens (primary N) is 1. The summed E-state index contributed by atoms with van der Waals surface area (Å²) in [5.41, 5.74) is 8.96. The van der Waals surface area contributed by atoms with Gasteiger partial charge in [0.15, 0.2) is 0 Å². The number of hydrogen-bond acceptors (Lipinski definition) is 3. The Hall–Kier alpha value is -2.36. The molecule has 3 N–H and O–H groups in total. The second-order valence-corrected chi connectivity index (χ2v) is 4.45. The fourth-order valence-corrected chi connectivity index (χ4v) is 1.76. The molecule has 0 unspecified atom stereocenters. The Bertz CT molecular complexity index is 591. The highest BCUT2D eigenvalue weighted by molar-refractivity contribution is 6.04. The van der Waals surface area contributed by atoms with Crippen LogP contribution in [-0.2, 0) is 6.42 Å². The van der Waals surface area contributed by atoms with E-state index >= 15 is 0 Å². The minimum absolute atomic E-state index is 0.173. The zero-order valence-electron chi connectivity index (χ0n) is 11.1. The molecular weight excluding hydrogens is 238 g/mol. The second kappa shape index (κ2) is 5.52. The van der Waals surface area contributed by atoms with Gasteiger partial charge in [-0.25, -0.2) is 4.98 Å². The highest BCUT2D eigenvalue weighted by Crippen LogP contribution is 2.13. The van der Waals surface area contributed by atoms with E-state index in [2.05, 4.69) is 10.3 Å². The van der Waals surface area contributed by atoms with Gasteiger partial charge in [0.2, 0.25) is 0 Å². The molecule has 0 atom stereocenters. The van der Waals surface area contributed by atoms with Crippen LogP contribution in [0.2, 0.25) is 0 Å². The van der Waals surface area contributed by atoms with E-state index in [0.29, 0.717) is 11.4 Å². The maximum Gasteiger partial charge on any atom is 0.255 e. The molecule has 1 aromatic carbocycles. The first-order valence-electron chi connectivity index (χ1n) is 6.23. The van der Waals surface area contributed by atoms with Gasteiger partial charge in [0, 0.05) is 16.9 Å². The molecule has 0 aliphatic rings. The summed E-state index contributed by atoms with van der Waals surface area (Å²) in [6.45, 7) is 3.98. The summed E-state index contributed by atoms with van der Waals surface area (Å²) in [6.07, 6.45) is 0.746. The Balaban J connectivity index is 2.20. The van der Waals surface area contributed by atoms with Crippen LogP contribution >= 0.6 is 0 Å². The van der Waals surface area contributed by atoms with Gasteiger partial charge < -0.3 is 11.1 Å². The molecule has 0 saturated carbocycles. The monoisotopic (exact) mass is 255 g/mol. The lowest BCUT2D eigenvalue weighted by atomic mass is 10.1. The van der Waals surface area contributed by atoms with Gasteiger partial charge >= 0.3 is 0 Å². The molecule has 0 bridgehead atoms. The molecule has 0 saturated heterocycles. The van der Waals surface area contributed by atoms with E-state index in [4.69, 9.17) is 5.73 Å². The predicted octanol–water partition coefficient (Wildman–Crippen LogP) is 2.79. The first-order valence-corrected chi connectivity index (χ1v) is 6.23. The quantitative estimate of drug-likeness (QED) is 0.886. The summed E-state index contributed by atoms with van der Waals surface area (Å²) >= 11 is 0. The Morgan fingerprint density at radius 2 is 1.95 bits per heavy atom. The minimum atomic E-state index is -0.173. The molecule has 19 heavy (non-hydrogen) atoms. The first-order chi connectivity index (χ1) is 9.08. The Morgan fingerprint density at radius 1 is 1.26 bits per heavy atom. The number of anilines is 2. The van der Waals surface area contributed by atoms with Crippen LogP contribution in [-0.4, -0.2) is 10.9 Å². The van der Waals surface area contributed by atoms with Gasteiger partial charge in [-0.15, -0.1) is 0 Å². The van der Waals surface area contributed by atoms with Crippen LogP contribution < -0.4 is 11.1 Å². The average Bonchev–Trinajstić information content (AvgIpc) is 2.40. The van der Waals surface area contributed by atoms with E-state index in [1.54, 1.807) is 12.1 Å². The number of pyridine rings is 1. The number of aryl methyl sites for hydroxylation is 2. The lowest BCUT2D eigenvalue weighted by Gasteiger charge is -2.07. The molecule has 4 heteroatoms. The molecular formula is C15H17N3O. The largest absolute Gasteiger partial charge is 0.384 e. The van der Waals surface area contributed by atoms with Crippen molar-refractivity contribution in [3.05, 3.63) is 53.2 Å². The molecule has 0 spiro atoms. The van der Waals surface area contributed by atoms with Gasteiger partial charge in [0.05, 0.1) is 0 Å². The Morgan fingerprint density at radius 3 is 2.58 bits per heavy atom. The number of carbonyl (C=O) groups is 1. The molecule has 0 aliphatic carbocycles. The number of benzene rings is 1. The molecule has 0 fully saturated rings. The zero-order valence-corrected chi connectivity index (χ0v) is 11.1. The third kappa shape index (κ3) is 3.31. The molecule has 1 heterocycles. The predicted molar refractivity (Wildman–Crippen MR) is 77.2 cm³/mol. The van der Waals surface area contributed by atoms with Crippen molar-refractivity contribution >= 4 is 17.4 Å². The standard InChI is InChI=1S/C15H17N3O/c1-3-12-8-11(9-14(16)17-12)15(19)18-13-6-4-10(2)5-7-13/h4-9H,3H2,1-2H3,(H2,16,17)(H,18,19). The maximum absolute atomic E-state index is 12.1. The number of nitrogens with zero attached hydrogens (tertiary/aromatic N) is 1. The number of carbonyl (C=O) groups excluding carboxylic acids is 1. The van der Waals surface area contributed by atoms with Crippen molar-refractivity contribution in [2.75, 3.05) is 11.1 Å². The van der Waals surface area contributed by atoms with E-state index in [0.717, 1.165) is 23.4 Å². The van der Waals surface area contributed by atoms with Gasteiger partial charge in [-0.2, -0.15) is 0 Å². The summed E-state index contributed by atoms with van der Waals surface area (Å²) in [5, 5.41) is 2.84. The van der Waals surface area contributed by atoms with Gasteiger partial charge in [-0.3, -0.25) is 4.79 Å². The van der Waals surface area contributed by atoms with Gasteiger partial charge in [-0.1, -0.05) is 24.6 Å². The molecule has 1 aromatic heterocycles. The molecule has 2 rings (SSSR count). The summed E-state index contributed by atoms with van der Waals surface area (Å²) < 4.78 is 0. The fraction of sp³-hybridized carbons (Fsp3) is 0.200. The first kappa shape index (κ1) is 13.1. The van der Waals surface area contributed by atoms with Gasteiger partial charge in [-0.05, 0) is 37.6 Å². The maximum atomic E-state index is 12.1. The van der Waals surface area contributed by atoms with Crippen molar-refractivity contribution in [1.82, 2.24) is 4.98 Å². The van der Waals surface area contributed by atoms with Crippen LogP contribution in [0.5, 0.6) is 0 Å². The Labute approximate surface area is 112 Å². The number of nitrogen functional groups attached to an aromatic ring is 1. The zero-order chi connectivity index (χ0) is 13.8. The summed E-state index contributed by atoms with van der Waals surface area (Å²) in [6, 6.07) is 11.0. The summed E-state index contributed by atoms with van der Waals surface area (Å²) in [5.74, 6) is 0.195. The highest BCUT2D eigenvalue weighted by atomic mass is 16.1. The van der Waals surface area contributed by atoms with Crippen molar-refractivity contribution < 1.29 is 4.79 Å². The van der Waals surface area contributed by atoms with Crippen LogP contribution in [0.1, 0.15) is 28.5 Å². The number of hydrogen-bond donors (Lipinski definition) is 2. The molecule has 2 aromatic rings. The lowest BCUT2D eigenvalue weighted by Crippen LogP contribution is -2.13. The molecule has 0 radical (unpaired) electrons. The molecule has 4 nitrogen and oxygen atoms in total. The summed E-state index contributed by atoms with van der Waals surface area (Å²) in [7, 11) is 0. The van der Waals surface area contributed by atoms with Crippen molar-refractivity contribution in [2.45, 2.75) is 20.3 Å². The topological polar surface area (TPSA) is 68.0 Å². The van der Waals surface area contributed by atoms with Gasteiger partial charge in [0.1, 0.15) is 5.82 Å². The van der Waals surface area contributed by atoms with Gasteiger partial charge in [0.25, 0.3) is 5.91 Å². The van der Waals surface area contributed by atoms with Crippen LogP contribution in [0.3, 0.4) is 0 Å². The summed E-state index contributed by atoms with van der Waals surface area (Å²) in [4.78, 5) is 16.3. The van der Waals surface area contributed by atoms with E-state index in [9.17, 15) is 4.79 Å². The SMILES string of the molecule is CCc1cc(C(=O)Nc2ccc(C)cc2)cc(N)n1. The number of nitrogens with one attached hydrogen (secondary N) is 1. The lowest BCUT2D eigenvalue weighted by molar-refractivity contribution is 0.102. The number of rotatable bonds is 3. The number of amides is 1. The van der Waals surface area contributed by atoms with Crippen molar-refractivity contribution in [1.29, 1.82) is 0 Å². The van der Waals surface area contributed by atoms with Crippen molar-refractivity contribution in [2.24, 2.45) is 0 Å². The van der Waals surface area contributed by atoms with Crippen LogP contribution in [0.15, 0.2) is 36.4 Å². The van der Waals surface area contributed by atoms with E-state index in [-0.39, 0.29) is 5.91 Å². The third-order valence-electron chi connectivity index (χ3n) is 2.83. The third-order valence-corrected chi connectivity index (χ3v) is 2.83. The van der Waals surface area contributed by atoms with Crippen LogP contribution in [0, 0.1) is 6.92 Å². The smallest absolute Gasteiger partial charge is 0.255 e. The van der Waals surface area contributed by atoms with Crippen molar-refractivity contribution in [3.63, 3.8) is 0 Å². The highest BCUT2D eigenvalue weighted by Gasteiger charge is 2.08. The molecule has 0 aliphatic heterocycles. The normalized spacial score (nSPS) is 10.2. The van der Waals surface area contributed by atoms with E-state index < -0.39 is 0 Å². The van der Waals surface area contributed by atoms with Crippen LogP contribution in [0.25, 0.3) is 0 Å². The second-order valence-electron chi connectivity index (χ2n) is 4.45. The Kier molecular flexibility index (Phi) is 3.80. The average molecular weight is 255 g/mol. The number of aromatic nitrogens is 1. The van der Waals surface area contributed by atoms with E-state index in [1.807, 2.05) is 38.1 Å². The minimum Gasteiger partial charge on any atom is -0.384 e. The van der Waals surface area contributed by atoms with Crippen LogP contribution in [0.4, 0.5) is 11.5 Å². The fourth-order valence-electron chi connectivity index (χ4n) is 1.76. The molecule has 98 valence electrons. The molecule has 1 amide bonds.